The molecule has 43 heavy (non-hydrogen) atoms. The molecule has 0 aliphatic heterocycles. The van der Waals surface area contributed by atoms with Crippen molar-refractivity contribution in [1.82, 2.24) is 14.9 Å². The second-order valence-corrected chi connectivity index (χ2v) is 12.1. The SMILES string of the molecule is CC(C)(C)OC(=O)C[C@H](NS(=O)(=O)c1ccccc1)N(COCCNC(=O)OCc1ccccc1)C(=O)c1ccccc1. The number of sulfonamides is 1. The second-order valence-electron chi connectivity index (χ2n) is 10.4. The molecule has 0 aliphatic carbocycles. The Morgan fingerprint density at radius 3 is 2.05 bits per heavy atom. The third-order valence-corrected chi connectivity index (χ3v) is 7.22. The summed E-state index contributed by atoms with van der Waals surface area (Å²) in [6, 6.07) is 25.0. The topological polar surface area (TPSA) is 140 Å². The van der Waals surface area contributed by atoms with Gasteiger partial charge in [0.25, 0.3) is 5.91 Å². The highest BCUT2D eigenvalue weighted by Gasteiger charge is 2.33. The lowest BCUT2D eigenvalue weighted by Crippen LogP contribution is -2.53. The average molecular weight is 612 g/mol. The number of hydrogen-bond acceptors (Lipinski definition) is 8. The molecule has 3 rings (SSSR count). The highest BCUT2D eigenvalue weighted by Crippen LogP contribution is 2.17. The first kappa shape index (κ1) is 33.2. The molecule has 0 fully saturated rings. The fraction of sp³-hybridized carbons (Fsp3) is 0.323. The summed E-state index contributed by atoms with van der Waals surface area (Å²) >= 11 is 0. The Kier molecular flexibility index (Phi) is 12.2. The van der Waals surface area contributed by atoms with E-state index in [1.165, 1.54) is 12.1 Å². The van der Waals surface area contributed by atoms with Crippen molar-refractivity contribution < 1.29 is 37.0 Å². The molecular weight excluding hydrogens is 574 g/mol. The number of benzene rings is 3. The van der Waals surface area contributed by atoms with Crippen LogP contribution in [0.2, 0.25) is 0 Å². The van der Waals surface area contributed by atoms with E-state index in [0.29, 0.717) is 0 Å². The predicted octanol–water partition coefficient (Wildman–Crippen LogP) is 4.07. The van der Waals surface area contributed by atoms with Crippen LogP contribution in [-0.2, 0) is 35.6 Å². The van der Waals surface area contributed by atoms with Crippen LogP contribution in [0.25, 0.3) is 0 Å². The van der Waals surface area contributed by atoms with Gasteiger partial charge in [-0.05, 0) is 50.6 Å². The van der Waals surface area contributed by atoms with Crippen molar-refractivity contribution >= 4 is 28.0 Å². The van der Waals surface area contributed by atoms with Crippen LogP contribution in [-0.4, -0.2) is 62.9 Å². The Labute approximate surface area is 252 Å². The summed E-state index contributed by atoms with van der Waals surface area (Å²) in [5, 5.41) is 2.56. The quantitative estimate of drug-likeness (QED) is 0.158. The monoisotopic (exact) mass is 611 g/mol. The molecule has 2 amide bonds. The number of esters is 1. The fourth-order valence-corrected chi connectivity index (χ4v) is 5.02. The normalized spacial score (nSPS) is 12.2. The summed E-state index contributed by atoms with van der Waals surface area (Å²) in [5.41, 5.74) is 0.241. The zero-order valence-electron chi connectivity index (χ0n) is 24.4. The van der Waals surface area contributed by atoms with Gasteiger partial charge < -0.3 is 19.5 Å². The Morgan fingerprint density at radius 1 is 0.860 bits per heavy atom. The first-order valence-corrected chi connectivity index (χ1v) is 15.1. The van der Waals surface area contributed by atoms with Gasteiger partial charge >= 0.3 is 12.1 Å². The standard InChI is InChI=1S/C31H37N3O8S/c1-31(2,3)42-28(35)21-27(33-43(38,39)26-17-11-6-12-18-26)34(29(36)25-15-9-5-10-16-25)23-40-20-19-32-30(37)41-22-24-13-7-4-8-14-24/h4-18,27,33H,19-23H2,1-3H3,(H,32,37)/t27-/m1/s1. The van der Waals surface area contributed by atoms with Gasteiger partial charge in [-0.1, -0.05) is 66.7 Å². The molecule has 0 bridgehead atoms. The molecule has 1 atom stereocenters. The average Bonchev–Trinajstić information content (AvgIpc) is 2.97. The Morgan fingerprint density at radius 2 is 1.44 bits per heavy atom. The molecule has 0 heterocycles. The van der Waals surface area contributed by atoms with Crippen molar-refractivity contribution in [2.45, 2.75) is 50.5 Å². The molecule has 0 spiro atoms. The molecule has 3 aromatic rings. The summed E-state index contributed by atoms with van der Waals surface area (Å²) in [5.74, 6) is -1.30. The lowest BCUT2D eigenvalue weighted by atomic mass is 10.1. The van der Waals surface area contributed by atoms with Gasteiger partial charge in [0, 0.05) is 12.1 Å². The number of ether oxygens (including phenoxy) is 3. The molecule has 0 aromatic heterocycles. The van der Waals surface area contributed by atoms with Crippen LogP contribution in [0.15, 0.2) is 95.9 Å². The van der Waals surface area contributed by atoms with Crippen molar-refractivity contribution in [3.8, 4) is 0 Å². The van der Waals surface area contributed by atoms with Gasteiger partial charge in [-0.3, -0.25) is 14.5 Å². The zero-order chi connectivity index (χ0) is 31.3. The van der Waals surface area contributed by atoms with Crippen molar-refractivity contribution in [2.75, 3.05) is 19.9 Å². The third-order valence-electron chi connectivity index (χ3n) is 5.74. The predicted molar refractivity (Wildman–Crippen MR) is 159 cm³/mol. The summed E-state index contributed by atoms with van der Waals surface area (Å²) in [7, 11) is -4.17. The first-order chi connectivity index (χ1) is 20.4. The molecule has 2 N–H and O–H groups in total. The zero-order valence-corrected chi connectivity index (χ0v) is 25.2. The molecule has 3 aromatic carbocycles. The lowest BCUT2D eigenvalue weighted by Gasteiger charge is -2.32. The Hall–Kier alpha value is -4.26. The molecule has 11 nitrogen and oxygen atoms in total. The number of nitrogens with zero attached hydrogens (tertiary/aromatic N) is 1. The van der Waals surface area contributed by atoms with Gasteiger partial charge in [-0.25, -0.2) is 13.2 Å². The summed E-state index contributed by atoms with van der Waals surface area (Å²) in [6.07, 6.45) is -2.50. The van der Waals surface area contributed by atoms with Gasteiger partial charge in [-0.2, -0.15) is 4.72 Å². The van der Waals surface area contributed by atoms with Gasteiger partial charge in [0.2, 0.25) is 10.0 Å². The minimum atomic E-state index is -4.17. The fourth-order valence-electron chi connectivity index (χ4n) is 3.80. The van der Waals surface area contributed by atoms with Gasteiger partial charge in [0.05, 0.1) is 17.9 Å². The van der Waals surface area contributed by atoms with E-state index in [9.17, 15) is 22.8 Å². The second kappa shape index (κ2) is 15.8. The van der Waals surface area contributed by atoms with Crippen molar-refractivity contribution in [2.24, 2.45) is 0 Å². The van der Waals surface area contributed by atoms with Crippen molar-refractivity contribution in [3.63, 3.8) is 0 Å². The summed E-state index contributed by atoms with van der Waals surface area (Å²) < 4.78 is 45.3. The number of hydrogen-bond donors (Lipinski definition) is 2. The number of carbonyl (C=O) groups is 3. The largest absolute Gasteiger partial charge is 0.460 e. The minimum Gasteiger partial charge on any atom is -0.460 e. The van der Waals surface area contributed by atoms with E-state index in [2.05, 4.69) is 10.0 Å². The molecule has 0 saturated heterocycles. The van der Waals surface area contributed by atoms with E-state index in [0.717, 1.165) is 10.5 Å². The maximum atomic E-state index is 13.6. The minimum absolute atomic E-state index is 0.0381. The lowest BCUT2D eigenvalue weighted by molar-refractivity contribution is -0.156. The van der Waals surface area contributed by atoms with Crippen LogP contribution in [0, 0.1) is 0 Å². The van der Waals surface area contributed by atoms with Crippen LogP contribution < -0.4 is 10.0 Å². The Balaban J connectivity index is 1.74. The molecule has 230 valence electrons. The third kappa shape index (κ3) is 11.5. The highest BCUT2D eigenvalue weighted by atomic mass is 32.2. The maximum Gasteiger partial charge on any atom is 0.407 e. The first-order valence-electron chi connectivity index (χ1n) is 13.6. The van der Waals surface area contributed by atoms with Crippen molar-refractivity contribution in [3.05, 3.63) is 102 Å². The molecule has 12 heteroatoms. The number of nitrogens with one attached hydrogen (secondary N) is 2. The smallest absolute Gasteiger partial charge is 0.407 e. The van der Waals surface area contributed by atoms with Gasteiger partial charge in [-0.15, -0.1) is 0 Å². The maximum absolute atomic E-state index is 13.6. The van der Waals surface area contributed by atoms with E-state index in [1.807, 2.05) is 30.3 Å². The number of carbonyl (C=O) groups excluding carboxylic acids is 3. The van der Waals surface area contributed by atoms with Crippen LogP contribution in [0.5, 0.6) is 0 Å². The van der Waals surface area contributed by atoms with Crippen LogP contribution in [0.3, 0.4) is 0 Å². The summed E-state index contributed by atoms with van der Waals surface area (Å²) in [6.45, 7) is 4.75. The number of alkyl carbamates (subject to hydrolysis) is 1. The van der Waals surface area contributed by atoms with Crippen LogP contribution in [0.4, 0.5) is 4.79 Å². The van der Waals surface area contributed by atoms with Gasteiger partial charge in [0.1, 0.15) is 25.1 Å². The molecular formula is C31H37N3O8S. The molecule has 0 saturated carbocycles. The van der Waals surface area contributed by atoms with E-state index in [1.54, 1.807) is 69.3 Å². The molecule has 0 radical (unpaired) electrons. The van der Waals surface area contributed by atoms with E-state index in [4.69, 9.17) is 14.2 Å². The van der Waals surface area contributed by atoms with Crippen molar-refractivity contribution in [1.29, 1.82) is 0 Å². The van der Waals surface area contributed by atoms with Gasteiger partial charge in [0.15, 0.2) is 0 Å². The number of amides is 2. The molecule has 0 unspecified atom stereocenters. The summed E-state index contributed by atoms with van der Waals surface area (Å²) in [4.78, 5) is 39.6. The number of rotatable bonds is 14. The van der Waals surface area contributed by atoms with Crippen LogP contribution >= 0.6 is 0 Å². The van der Waals surface area contributed by atoms with E-state index in [-0.39, 0.29) is 30.2 Å². The Bertz CT molecular complexity index is 1430. The van der Waals surface area contributed by atoms with E-state index < -0.39 is 52.9 Å². The highest BCUT2D eigenvalue weighted by molar-refractivity contribution is 7.89. The van der Waals surface area contributed by atoms with E-state index >= 15 is 0 Å². The molecule has 0 aliphatic rings. The van der Waals surface area contributed by atoms with Crippen LogP contribution in [0.1, 0.15) is 43.1 Å².